The minimum atomic E-state index is 0.839. The fourth-order valence-corrected chi connectivity index (χ4v) is 2.61. The molecule has 4 nitrogen and oxygen atoms in total. The Kier molecular flexibility index (Phi) is 3.52. The Labute approximate surface area is 121 Å². The van der Waals surface area contributed by atoms with Gasteiger partial charge < -0.3 is 0 Å². The minimum Gasteiger partial charge on any atom is -0.270 e. The highest BCUT2D eigenvalue weighted by Crippen LogP contribution is 2.27. The molecule has 0 saturated carbocycles. The Balaban J connectivity index is 2.24. The molecule has 100 valence electrons. The van der Waals surface area contributed by atoms with Gasteiger partial charge in [-0.15, -0.1) is 10.2 Å². The predicted molar refractivity (Wildman–Crippen MR) is 81.1 cm³/mol. The first-order valence-corrected chi connectivity index (χ1v) is 7.49. The second-order valence-corrected chi connectivity index (χ2v) is 5.14. The summed E-state index contributed by atoms with van der Waals surface area (Å²) in [6, 6.07) is 12.1. The van der Waals surface area contributed by atoms with E-state index >= 15 is 0 Å². The highest BCUT2D eigenvalue weighted by atomic mass is 32.2. The fraction of sp³-hybridized carbons (Fsp3) is 0.133. The van der Waals surface area contributed by atoms with Crippen molar-refractivity contribution in [3.63, 3.8) is 0 Å². The number of benzene rings is 1. The molecular weight excluding hydrogens is 268 g/mol. The summed E-state index contributed by atoms with van der Waals surface area (Å²) in [6.45, 7) is 2.09. The second-order valence-electron chi connectivity index (χ2n) is 4.37. The number of thioether (sulfide) groups is 1. The summed E-state index contributed by atoms with van der Waals surface area (Å²) in [4.78, 5) is 4.06. The van der Waals surface area contributed by atoms with Crippen molar-refractivity contribution in [2.75, 3.05) is 6.26 Å². The van der Waals surface area contributed by atoms with Crippen LogP contribution in [0.5, 0.6) is 0 Å². The molecule has 0 aliphatic rings. The van der Waals surface area contributed by atoms with E-state index in [1.165, 1.54) is 5.56 Å². The summed E-state index contributed by atoms with van der Waals surface area (Å²) in [5, 5.41) is 9.50. The molecule has 0 amide bonds. The lowest BCUT2D eigenvalue weighted by Gasteiger charge is -2.11. The molecule has 0 fully saturated rings. The van der Waals surface area contributed by atoms with Gasteiger partial charge in [0.05, 0.1) is 5.69 Å². The molecule has 0 unspecified atom stereocenters. The predicted octanol–water partition coefficient (Wildman–Crippen LogP) is 3.36. The lowest BCUT2D eigenvalue weighted by atomic mass is 10.2. The van der Waals surface area contributed by atoms with Crippen LogP contribution in [0.1, 0.15) is 5.56 Å². The molecule has 3 aromatic rings. The van der Waals surface area contributed by atoms with Crippen LogP contribution in [0.3, 0.4) is 0 Å². The van der Waals surface area contributed by atoms with Gasteiger partial charge in [0.1, 0.15) is 0 Å². The Hall–Kier alpha value is -2.14. The quantitative estimate of drug-likeness (QED) is 0.691. The number of nitrogens with zero attached hydrogens (tertiary/aromatic N) is 4. The summed E-state index contributed by atoms with van der Waals surface area (Å²) >= 11 is 1.59. The Morgan fingerprint density at radius 2 is 1.75 bits per heavy atom. The van der Waals surface area contributed by atoms with Gasteiger partial charge in [0.15, 0.2) is 11.0 Å². The molecule has 5 heteroatoms. The lowest BCUT2D eigenvalue weighted by molar-refractivity contribution is 0.883. The second kappa shape index (κ2) is 5.46. The molecule has 2 heterocycles. The highest BCUT2D eigenvalue weighted by molar-refractivity contribution is 7.98. The van der Waals surface area contributed by atoms with E-state index in [1.807, 2.05) is 30.5 Å². The molecular formula is C15H14N4S. The molecule has 0 atom stereocenters. The molecule has 2 aromatic heterocycles. The van der Waals surface area contributed by atoms with Crippen molar-refractivity contribution >= 4 is 11.8 Å². The van der Waals surface area contributed by atoms with Crippen LogP contribution >= 0.6 is 11.8 Å². The number of hydrogen-bond donors (Lipinski definition) is 0. The first-order chi connectivity index (χ1) is 9.81. The highest BCUT2D eigenvalue weighted by Gasteiger charge is 2.15. The van der Waals surface area contributed by atoms with Crippen LogP contribution in [0.2, 0.25) is 0 Å². The van der Waals surface area contributed by atoms with E-state index in [2.05, 4.69) is 38.8 Å². The van der Waals surface area contributed by atoms with E-state index in [1.54, 1.807) is 24.2 Å². The standard InChI is InChI=1S/C15H14N4S/c1-11-5-3-4-6-13(11)19-14(17-18-15(19)20-2)12-7-9-16-10-8-12/h3-10H,1-2H3. The van der Waals surface area contributed by atoms with Crippen molar-refractivity contribution in [1.29, 1.82) is 0 Å². The van der Waals surface area contributed by atoms with E-state index in [9.17, 15) is 0 Å². The van der Waals surface area contributed by atoms with Crippen LogP contribution in [0, 0.1) is 6.92 Å². The molecule has 0 aliphatic carbocycles. The van der Waals surface area contributed by atoms with Crippen molar-refractivity contribution in [2.45, 2.75) is 12.1 Å². The van der Waals surface area contributed by atoms with Gasteiger partial charge in [-0.25, -0.2) is 0 Å². The summed E-state index contributed by atoms with van der Waals surface area (Å²) in [6.07, 6.45) is 5.55. The molecule has 3 rings (SSSR count). The first kappa shape index (κ1) is 12.9. The maximum absolute atomic E-state index is 4.34. The smallest absolute Gasteiger partial charge is 0.195 e. The zero-order valence-electron chi connectivity index (χ0n) is 11.3. The normalized spacial score (nSPS) is 10.7. The van der Waals surface area contributed by atoms with Crippen molar-refractivity contribution in [2.24, 2.45) is 0 Å². The summed E-state index contributed by atoms with van der Waals surface area (Å²) < 4.78 is 2.09. The molecule has 0 radical (unpaired) electrons. The van der Waals surface area contributed by atoms with Crippen LogP contribution in [0.25, 0.3) is 17.1 Å². The van der Waals surface area contributed by atoms with E-state index in [4.69, 9.17) is 0 Å². The van der Waals surface area contributed by atoms with Crippen LogP contribution < -0.4 is 0 Å². The lowest BCUT2D eigenvalue weighted by Crippen LogP contribution is -2.01. The van der Waals surface area contributed by atoms with Crippen molar-refractivity contribution in [1.82, 2.24) is 19.7 Å². The van der Waals surface area contributed by atoms with Gasteiger partial charge >= 0.3 is 0 Å². The van der Waals surface area contributed by atoms with Gasteiger partial charge in [-0.2, -0.15) is 0 Å². The topological polar surface area (TPSA) is 43.6 Å². The molecule has 0 spiro atoms. The van der Waals surface area contributed by atoms with E-state index < -0.39 is 0 Å². The van der Waals surface area contributed by atoms with Gasteiger partial charge in [-0.1, -0.05) is 30.0 Å². The van der Waals surface area contributed by atoms with Crippen molar-refractivity contribution in [3.05, 3.63) is 54.4 Å². The van der Waals surface area contributed by atoms with Gasteiger partial charge in [0.25, 0.3) is 0 Å². The third kappa shape index (κ3) is 2.20. The number of hydrogen-bond acceptors (Lipinski definition) is 4. The van der Waals surface area contributed by atoms with Crippen LogP contribution in [0.4, 0.5) is 0 Å². The summed E-state index contributed by atoms with van der Waals surface area (Å²) in [7, 11) is 0. The Morgan fingerprint density at radius 1 is 1.00 bits per heavy atom. The van der Waals surface area contributed by atoms with E-state index in [0.717, 1.165) is 22.2 Å². The number of rotatable bonds is 3. The zero-order chi connectivity index (χ0) is 13.9. The summed E-state index contributed by atoms with van der Waals surface area (Å²) in [5.41, 5.74) is 3.31. The van der Waals surface area contributed by atoms with E-state index in [0.29, 0.717) is 0 Å². The van der Waals surface area contributed by atoms with Gasteiger partial charge in [0.2, 0.25) is 0 Å². The number of pyridine rings is 1. The maximum atomic E-state index is 4.34. The third-order valence-corrected chi connectivity index (χ3v) is 3.74. The minimum absolute atomic E-state index is 0.839. The largest absolute Gasteiger partial charge is 0.270 e. The van der Waals surface area contributed by atoms with Crippen LogP contribution in [-0.4, -0.2) is 26.0 Å². The Morgan fingerprint density at radius 3 is 2.45 bits per heavy atom. The maximum Gasteiger partial charge on any atom is 0.195 e. The van der Waals surface area contributed by atoms with Gasteiger partial charge in [-0.05, 0) is 36.9 Å². The van der Waals surface area contributed by atoms with Crippen LogP contribution in [0.15, 0.2) is 53.9 Å². The molecule has 20 heavy (non-hydrogen) atoms. The SMILES string of the molecule is CSc1nnc(-c2ccncc2)n1-c1ccccc1C. The van der Waals surface area contributed by atoms with Gasteiger partial charge in [0, 0.05) is 18.0 Å². The molecule has 0 aliphatic heterocycles. The fourth-order valence-electron chi connectivity index (χ4n) is 2.12. The molecule has 1 aromatic carbocycles. The van der Waals surface area contributed by atoms with Crippen LogP contribution in [-0.2, 0) is 0 Å². The van der Waals surface area contributed by atoms with Crippen molar-refractivity contribution in [3.8, 4) is 17.1 Å². The average Bonchev–Trinajstić information content (AvgIpc) is 2.92. The number of aryl methyl sites for hydroxylation is 1. The number of para-hydroxylation sites is 1. The number of aromatic nitrogens is 4. The van der Waals surface area contributed by atoms with Gasteiger partial charge in [-0.3, -0.25) is 9.55 Å². The van der Waals surface area contributed by atoms with E-state index in [-0.39, 0.29) is 0 Å². The van der Waals surface area contributed by atoms with Crippen molar-refractivity contribution < 1.29 is 0 Å². The zero-order valence-corrected chi connectivity index (χ0v) is 12.1. The average molecular weight is 282 g/mol. The monoisotopic (exact) mass is 282 g/mol. The molecule has 0 bridgehead atoms. The first-order valence-electron chi connectivity index (χ1n) is 6.27. The summed E-state index contributed by atoms with van der Waals surface area (Å²) in [5.74, 6) is 0.839. The molecule has 0 saturated heterocycles. The molecule has 0 N–H and O–H groups in total. The third-order valence-electron chi connectivity index (χ3n) is 3.11. The Bertz CT molecular complexity index is 722.